The van der Waals surface area contributed by atoms with E-state index in [4.69, 9.17) is 5.11 Å². The lowest BCUT2D eigenvalue weighted by Crippen LogP contribution is -2.37. The molecule has 0 spiro atoms. The molecule has 3 N–H and O–H groups in total. The summed E-state index contributed by atoms with van der Waals surface area (Å²) >= 11 is 0. The Labute approximate surface area is 103 Å². The molecular formula is C12H24N2O3. The molecule has 0 aromatic rings. The van der Waals surface area contributed by atoms with Gasteiger partial charge in [0.15, 0.2) is 0 Å². The van der Waals surface area contributed by atoms with Gasteiger partial charge in [-0.25, -0.2) is 4.79 Å². The van der Waals surface area contributed by atoms with E-state index >= 15 is 0 Å². The standard InChI is InChI=1S/C12H24N2O3/c1-2-3-4-5-6-7-9-13-12(17)14-10-8-11(15)16/h2-10H2,1H3,(H,15,16)(H2,13,14,17). The molecule has 17 heavy (non-hydrogen) atoms. The van der Waals surface area contributed by atoms with Gasteiger partial charge in [-0.3, -0.25) is 4.79 Å². The molecule has 0 bridgehead atoms. The molecule has 5 nitrogen and oxygen atoms in total. The summed E-state index contributed by atoms with van der Waals surface area (Å²) in [5.41, 5.74) is 0. The molecule has 0 saturated heterocycles. The summed E-state index contributed by atoms with van der Waals surface area (Å²) < 4.78 is 0. The maximum Gasteiger partial charge on any atom is 0.314 e. The molecule has 0 atom stereocenters. The van der Waals surface area contributed by atoms with E-state index in [2.05, 4.69) is 17.6 Å². The second kappa shape index (κ2) is 11.2. The van der Waals surface area contributed by atoms with Gasteiger partial charge in [-0.05, 0) is 6.42 Å². The van der Waals surface area contributed by atoms with E-state index in [9.17, 15) is 9.59 Å². The van der Waals surface area contributed by atoms with E-state index in [1.165, 1.54) is 25.7 Å². The fourth-order valence-corrected chi connectivity index (χ4v) is 1.45. The Morgan fingerprint density at radius 3 is 2.18 bits per heavy atom. The maximum atomic E-state index is 11.1. The third-order valence-corrected chi connectivity index (χ3v) is 2.44. The van der Waals surface area contributed by atoms with Crippen molar-refractivity contribution >= 4 is 12.0 Å². The number of hydrogen-bond donors (Lipinski definition) is 3. The highest BCUT2D eigenvalue weighted by Crippen LogP contribution is 2.03. The predicted octanol–water partition coefficient (Wildman–Crippen LogP) is 2.12. The third kappa shape index (κ3) is 12.7. The monoisotopic (exact) mass is 244 g/mol. The van der Waals surface area contributed by atoms with Crippen LogP contribution in [0.25, 0.3) is 0 Å². The van der Waals surface area contributed by atoms with Crippen molar-refractivity contribution in [2.75, 3.05) is 13.1 Å². The number of nitrogens with one attached hydrogen (secondary N) is 2. The molecular weight excluding hydrogens is 220 g/mol. The van der Waals surface area contributed by atoms with E-state index < -0.39 is 5.97 Å². The smallest absolute Gasteiger partial charge is 0.314 e. The van der Waals surface area contributed by atoms with E-state index in [1.54, 1.807) is 0 Å². The average Bonchev–Trinajstić information content (AvgIpc) is 2.27. The average molecular weight is 244 g/mol. The highest BCUT2D eigenvalue weighted by Gasteiger charge is 2.00. The summed E-state index contributed by atoms with van der Waals surface area (Å²) in [6.07, 6.45) is 7.08. The van der Waals surface area contributed by atoms with Crippen molar-refractivity contribution in [3.05, 3.63) is 0 Å². The molecule has 0 saturated carbocycles. The van der Waals surface area contributed by atoms with E-state index in [0.29, 0.717) is 6.54 Å². The normalized spacial score (nSPS) is 9.94. The Morgan fingerprint density at radius 1 is 0.941 bits per heavy atom. The SMILES string of the molecule is CCCCCCCCNC(=O)NCCC(=O)O. The van der Waals surface area contributed by atoms with E-state index in [1.807, 2.05) is 0 Å². The van der Waals surface area contributed by atoms with Crippen LogP contribution in [0.4, 0.5) is 4.79 Å². The van der Waals surface area contributed by atoms with Crippen molar-refractivity contribution in [2.24, 2.45) is 0 Å². The zero-order chi connectivity index (χ0) is 12.9. The second-order valence-electron chi connectivity index (χ2n) is 4.09. The van der Waals surface area contributed by atoms with Gasteiger partial charge in [0.1, 0.15) is 0 Å². The molecule has 5 heteroatoms. The van der Waals surface area contributed by atoms with Crippen LogP contribution in [0.2, 0.25) is 0 Å². The largest absolute Gasteiger partial charge is 0.481 e. The third-order valence-electron chi connectivity index (χ3n) is 2.44. The zero-order valence-electron chi connectivity index (χ0n) is 10.6. The molecule has 0 heterocycles. The number of amides is 2. The molecule has 0 rings (SSSR count). The fourth-order valence-electron chi connectivity index (χ4n) is 1.45. The lowest BCUT2D eigenvalue weighted by Gasteiger charge is -2.06. The van der Waals surface area contributed by atoms with Crippen molar-refractivity contribution in [1.29, 1.82) is 0 Å². The van der Waals surface area contributed by atoms with Gasteiger partial charge in [0.25, 0.3) is 0 Å². The lowest BCUT2D eigenvalue weighted by molar-refractivity contribution is -0.136. The number of carboxylic acids is 1. The van der Waals surface area contributed by atoms with Crippen LogP contribution in [-0.2, 0) is 4.79 Å². The van der Waals surface area contributed by atoms with Crippen molar-refractivity contribution in [3.63, 3.8) is 0 Å². The molecule has 2 amide bonds. The molecule has 100 valence electrons. The maximum absolute atomic E-state index is 11.1. The predicted molar refractivity (Wildman–Crippen MR) is 67.0 cm³/mol. The summed E-state index contributed by atoms with van der Waals surface area (Å²) in [7, 11) is 0. The topological polar surface area (TPSA) is 78.4 Å². The molecule has 0 aromatic heterocycles. The van der Waals surface area contributed by atoms with Crippen molar-refractivity contribution in [3.8, 4) is 0 Å². The van der Waals surface area contributed by atoms with Gasteiger partial charge in [-0.2, -0.15) is 0 Å². The van der Waals surface area contributed by atoms with Crippen LogP contribution >= 0.6 is 0 Å². The zero-order valence-corrected chi connectivity index (χ0v) is 10.6. The van der Waals surface area contributed by atoms with Crippen molar-refractivity contribution in [1.82, 2.24) is 10.6 Å². The number of unbranched alkanes of at least 4 members (excludes halogenated alkanes) is 5. The minimum absolute atomic E-state index is 0.0373. The number of carbonyl (C=O) groups excluding carboxylic acids is 1. The Hall–Kier alpha value is -1.26. The summed E-state index contributed by atoms with van der Waals surface area (Å²) in [5, 5.41) is 13.6. The van der Waals surface area contributed by atoms with Gasteiger partial charge < -0.3 is 15.7 Å². The molecule has 0 fully saturated rings. The van der Waals surface area contributed by atoms with Crippen LogP contribution in [0.15, 0.2) is 0 Å². The quantitative estimate of drug-likeness (QED) is 0.515. The minimum atomic E-state index is -0.902. The van der Waals surface area contributed by atoms with Gasteiger partial charge in [0.2, 0.25) is 0 Å². The lowest BCUT2D eigenvalue weighted by atomic mass is 10.1. The summed E-state index contributed by atoms with van der Waals surface area (Å²) in [6, 6.07) is -0.278. The van der Waals surface area contributed by atoms with Crippen molar-refractivity contribution in [2.45, 2.75) is 51.9 Å². The van der Waals surface area contributed by atoms with Gasteiger partial charge in [0, 0.05) is 13.1 Å². The van der Waals surface area contributed by atoms with Gasteiger partial charge >= 0.3 is 12.0 Å². The van der Waals surface area contributed by atoms with Crippen LogP contribution in [0.5, 0.6) is 0 Å². The van der Waals surface area contributed by atoms with Crippen LogP contribution in [0.3, 0.4) is 0 Å². The fraction of sp³-hybridized carbons (Fsp3) is 0.833. The van der Waals surface area contributed by atoms with Crippen LogP contribution in [0.1, 0.15) is 51.9 Å². The summed E-state index contributed by atoms with van der Waals surface area (Å²) in [5.74, 6) is -0.902. The van der Waals surface area contributed by atoms with E-state index in [-0.39, 0.29) is 19.0 Å². The van der Waals surface area contributed by atoms with Gasteiger partial charge in [-0.1, -0.05) is 39.0 Å². The van der Waals surface area contributed by atoms with Gasteiger partial charge in [0.05, 0.1) is 6.42 Å². The number of urea groups is 1. The first kappa shape index (κ1) is 15.7. The Morgan fingerprint density at radius 2 is 1.53 bits per heavy atom. The van der Waals surface area contributed by atoms with Crippen LogP contribution in [-0.4, -0.2) is 30.2 Å². The Kier molecular flexibility index (Phi) is 10.4. The second-order valence-corrected chi connectivity index (χ2v) is 4.09. The summed E-state index contributed by atoms with van der Waals surface area (Å²) in [4.78, 5) is 21.3. The molecule has 0 aliphatic carbocycles. The van der Waals surface area contributed by atoms with Crippen molar-refractivity contribution < 1.29 is 14.7 Å². The number of hydrogen-bond acceptors (Lipinski definition) is 2. The first-order valence-electron chi connectivity index (χ1n) is 6.40. The molecule has 0 radical (unpaired) electrons. The first-order chi connectivity index (χ1) is 8.16. The molecule has 0 unspecified atom stereocenters. The Bertz CT molecular complexity index is 220. The van der Waals surface area contributed by atoms with Crippen LogP contribution in [0, 0.1) is 0 Å². The molecule has 0 aliphatic heterocycles. The van der Waals surface area contributed by atoms with Gasteiger partial charge in [-0.15, -0.1) is 0 Å². The van der Waals surface area contributed by atoms with Crippen LogP contribution < -0.4 is 10.6 Å². The summed E-state index contributed by atoms with van der Waals surface area (Å²) in [6.45, 7) is 3.02. The highest BCUT2D eigenvalue weighted by molar-refractivity contribution is 5.74. The number of aliphatic carboxylic acids is 1. The molecule has 0 aromatic carbocycles. The number of rotatable bonds is 10. The number of carbonyl (C=O) groups is 2. The Balaban J connectivity index is 3.19. The number of carboxylic acid groups (broad SMARTS) is 1. The minimum Gasteiger partial charge on any atom is -0.481 e. The first-order valence-corrected chi connectivity index (χ1v) is 6.40. The van der Waals surface area contributed by atoms with E-state index in [0.717, 1.165) is 12.8 Å². The molecule has 0 aliphatic rings. The highest BCUT2D eigenvalue weighted by atomic mass is 16.4.